The van der Waals surface area contributed by atoms with Crippen LogP contribution in [-0.4, -0.2) is 47.1 Å². The first-order valence-electron chi connectivity index (χ1n) is 12.9. The van der Waals surface area contributed by atoms with E-state index in [0.29, 0.717) is 37.9 Å². The Hall–Kier alpha value is -3.46. The molecule has 3 atom stereocenters. The standard InChI is InChI=1S/C28H34FN3O5/c29-21-11-9-20(10-12-21)25(26(30)34)31-27(35)24-4-2-1-3-23(24)19-7-5-18(6-8-19)17-37-28(36)32-15-13-22(33)14-16-32/h5-12,22-25,33H,1-4,13-17H2,(H2,30,34)(H,31,35). The number of hydrogen-bond donors (Lipinski definition) is 3. The number of halogens is 1. The van der Waals surface area contributed by atoms with Gasteiger partial charge in [-0.2, -0.15) is 0 Å². The highest BCUT2D eigenvalue weighted by Crippen LogP contribution is 2.38. The zero-order chi connectivity index (χ0) is 26.4. The molecule has 1 aliphatic heterocycles. The lowest BCUT2D eigenvalue weighted by Gasteiger charge is -2.32. The number of amides is 3. The maximum atomic E-state index is 13.3. The molecule has 0 aromatic heterocycles. The third-order valence-corrected chi connectivity index (χ3v) is 7.37. The van der Waals surface area contributed by atoms with Gasteiger partial charge in [0.15, 0.2) is 0 Å². The van der Waals surface area contributed by atoms with Gasteiger partial charge in [0.1, 0.15) is 18.5 Å². The second kappa shape index (κ2) is 12.2. The lowest BCUT2D eigenvalue weighted by atomic mass is 9.74. The molecule has 2 aliphatic rings. The monoisotopic (exact) mass is 511 g/mol. The first-order chi connectivity index (χ1) is 17.8. The van der Waals surface area contributed by atoms with Gasteiger partial charge in [-0.3, -0.25) is 9.59 Å². The summed E-state index contributed by atoms with van der Waals surface area (Å²) in [6.45, 7) is 1.12. The van der Waals surface area contributed by atoms with Crippen LogP contribution in [0.15, 0.2) is 48.5 Å². The predicted octanol–water partition coefficient (Wildman–Crippen LogP) is 3.54. The Bertz CT molecular complexity index is 1080. The van der Waals surface area contributed by atoms with Crippen molar-refractivity contribution in [2.24, 2.45) is 11.7 Å². The van der Waals surface area contributed by atoms with Crippen LogP contribution < -0.4 is 11.1 Å². The van der Waals surface area contributed by atoms with E-state index in [0.717, 1.165) is 30.4 Å². The second-order valence-corrected chi connectivity index (χ2v) is 9.91. The Morgan fingerprint density at radius 3 is 2.30 bits per heavy atom. The van der Waals surface area contributed by atoms with Crippen molar-refractivity contribution in [3.05, 3.63) is 71.0 Å². The van der Waals surface area contributed by atoms with Crippen LogP contribution in [0.25, 0.3) is 0 Å². The van der Waals surface area contributed by atoms with Gasteiger partial charge in [0.2, 0.25) is 11.8 Å². The Balaban J connectivity index is 1.38. The molecule has 3 amide bonds. The number of rotatable bonds is 7. The van der Waals surface area contributed by atoms with Crippen LogP contribution in [0, 0.1) is 11.7 Å². The fourth-order valence-corrected chi connectivity index (χ4v) is 5.21. The van der Waals surface area contributed by atoms with Crippen molar-refractivity contribution in [1.29, 1.82) is 0 Å². The minimum absolute atomic E-state index is 0.0214. The number of piperidine rings is 1. The van der Waals surface area contributed by atoms with Crippen molar-refractivity contribution in [1.82, 2.24) is 10.2 Å². The summed E-state index contributed by atoms with van der Waals surface area (Å²) in [5.74, 6) is -1.73. The maximum Gasteiger partial charge on any atom is 0.410 e. The lowest BCUT2D eigenvalue weighted by molar-refractivity contribution is -0.131. The molecule has 8 nitrogen and oxygen atoms in total. The number of aliphatic hydroxyl groups excluding tert-OH is 1. The Kier molecular flexibility index (Phi) is 8.76. The van der Waals surface area contributed by atoms with Crippen LogP contribution in [0.1, 0.15) is 67.2 Å². The van der Waals surface area contributed by atoms with Crippen LogP contribution in [0.3, 0.4) is 0 Å². The topological polar surface area (TPSA) is 122 Å². The predicted molar refractivity (Wildman–Crippen MR) is 135 cm³/mol. The smallest absolute Gasteiger partial charge is 0.410 e. The third kappa shape index (κ3) is 6.85. The van der Waals surface area contributed by atoms with Crippen LogP contribution in [-0.2, 0) is 20.9 Å². The number of nitrogens with two attached hydrogens (primary N) is 1. The van der Waals surface area contributed by atoms with Gasteiger partial charge in [-0.15, -0.1) is 0 Å². The summed E-state index contributed by atoms with van der Waals surface area (Å²) >= 11 is 0. The third-order valence-electron chi connectivity index (χ3n) is 7.37. The average Bonchev–Trinajstić information content (AvgIpc) is 2.91. The molecule has 198 valence electrons. The summed E-state index contributed by atoms with van der Waals surface area (Å²) in [5, 5.41) is 12.4. The Labute approximate surface area is 216 Å². The van der Waals surface area contributed by atoms with E-state index in [2.05, 4.69) is 5.32 Å². The van der Waals surface area contributed by atoms with Crippen LogP contribution in [0.2, 0.25) is 0 Å². The highest BCUT2D eigenvalue weighted by Gasteiger charge is 2.34. The van der Waals surface area contributed by atoms with Gasteiger partial charge in [-0.05, 0) is 60.4 Å². The molecular weight excluding hydrogens is 477 g/mol. The number of nitrogens with one attached hydrogen (secondary N) is 1. The normalized spacial score (nSPS) is 21.2. The van der Waals surface area contributed by atoms with Crippen molar-refractivity contribution in [2.45, 2.75) is 63.2 Å². The van der Waals surface area contributed by atoms with Gasteiger partial charge >= 0.3 is 6.09 Å². The van der Waals surface area contributed by atoms with Crippen molar-refractivity contribution < 1.29 is 28.6 Å². The van der Waals surface area contributed by atoms with Gasteiger partial charge < -0.3 is 25.8 Å². The van der Waals surface area contributed by atoms with Crippen molar-refractivity contribution in [2.75, 3.05) is 13.1 Å². The van der Waals surface area contributed by atoms with Crippen LogP contribution >= 0.6 is 0 Å². The number of carbonyl (C=O) groups excluding carboxylic acids is 3. The maximum absolute atomic E-state index is 13.3. The van der Waals surface area contributed by atoms with Gasteiger partial charge in [-0.1, -0.05) is 49.2 Å². The van der Waals surface area contributed by atoms with E-state index < -0.39 is 17.8 Å². The number of ether oxygens (including phenoxy) is 1. The molecule has 0 bridgehead atoms. The molecule has 9 heteroatoms. The highest BCUT2D eigenvalue weighted by atomic mass is 19.1. The Morgan fingerprint density at radius 2 is 1.65 bits per heavy atom. The van der Waals surface area contributed by atoms with Crippen LogP contribution in [0.5, 0.6) is 0 Å². The van der Waals surface area contributed by atoms with Gasteiger partial charge in [-0.25, -0.2) is 9.18 Å². The van der Waals surface area contributed by atoms with E-state index in [9.17, 15) is 23.9 Å². The quantitative estimate of drug-likeness (QED) is 0.525. The van der Waals surface area contributed by atoms with Crippen LogP contribution in [0.4, 0.5) is 9.18 Å². The number of primary amides is 1. The van der Waals surface area contributed by atoms with E-state index in [1.54, 1.807) is 4.90 Å². The number of nitrogens with zero attached hydrogens (tertiary/aromatic N) is 1. The molecule has 3 unspecified atom stereocenters. The average molecular weight is 512 g/mol. The van der Waals surface area contributed by atoms with E-state index in [1.807, 2.05) is 24.3 Å². The summed E-state index contributed by atoms with van der Waals surface area (Å²) in [4.78, 5) is 39.3. The SMILES string of the molecule is NC(=O)C(NC(=O)C1CCCCC1c1ccc(COC(=O)N2CCC(O)CC2)cc1)c1ccc(F)cc1. The Morgan fingerprint density at radius 1 is 1.00 bits per heavy atom. The summed E-state index contributed by atoms with van der Waals surface area (Å²) in [5.41, 5.74) is 7.85. The number of hydrogen-bond acceptors (Lipinski definition) is 5. The first kappa shape index (κ1) is 26.6. The van der Waals surface area contributed by atoms with E-state index in [-0.39, 0.29) is 36.5 Å². The second-order valence-electron chi connectivity index (χ2n) is 9.91. The number of aliphatic hydroxyl groups is 1. The summed E-state index contributed by atoms with van der Waals surface area (Å²) in [6, 6.07) is 12.1. The van der Waals surface area contributed by atoms with Gasteiger partial charge in [0, 0.05) is 19.0 Å². The largest absolute Gasteiger partial charge is 0.445 e. The van der Waals surface area contributed by atoms with E-state index in [1.165, 1.54) is 24.3 Å². The van der Waals surface area contributed by atoms with Gasteiger partial charge in [0.25, 0.3) is 0 Å². The molecule has 1 aliphatic carbocycles. The molecule has 4 N–H and O–H groups in total. The lowest BCUT2D eigenvalue weighted by Crippen LogP contribution is -2.42. The molecule has 1 saturated heterocycles. The zero-order valence-corrected chi connectivity index (χ0v) is 20.8. The summed E-state index contributed by atoms with van der Waals surface area (Å²) in [6.07, 6.45) is 3.81. The minimum atomic E-state index is -1.03. The summed E-state index contributed by atoms with van der Waals surface area (Å²) < 4.78 is 18.8. The highest BCUT2D eigenvalue weighted by molar-refractivity contribution is 5.89. The molecule has 4 rings (SSSR count). The molecule has 37 heavy (non-hydrogen) atoms. The van der Waals surface area contributed by atoms with Crippen molar-refractivity contribution >= 4 is 17.9 Å². The molecule has 0 spiro atoms. The molecule has 1 heterocycles. The fourth-order valence-electron chi connectivity index (χ4n) is 5.21. The molecule has 2 aromatic carbocycles. The zero-order valence-electron chi connectivity index (χ0n) is 20.8. The number of likely N-dealkylation sites (tertiary alicyclic amines) is 1. The summed E-state index contributed by atoms with van der Waals surface area (Å²) in [7, 11) is 0. The molecule has 0 radical (unpaired) electrons. The minimum Gasteiger partial charge on any atom is -0.445 e. The van der Waals surface area contributed by atoms with Gasteiger partial charge in [0.05, 0.1) is 6.10 Å². The van der Waals surface area contributed by atoms with Crippen molar-refractivity contribution in [3.8, 4) is 0 Å². The molecule has 2 fully saturated rings. The molecule has 2 aromatic rings. The fraction of sp³-hybridized carbons (Fsp3) is 0.464. The number of benzene rings is 2. The van der Waals surface area contributed by atoms with Crippen molar-refractivity contribution in [3.63, 3.8) is 0 Å². The van der Waals surface area contributed by atoms with E-state index >= 15 is 0 Å². The van der Waals surface area contributed by atoms with E-state index in [4.69, 9.17) is 10.5 Å². The molecule has 1 saturated carbocycles. The first-order valence-corrected chi connectivity index (χ1v) is 12.9. The molecular formula is C28H34FN3O5. The number of carbonyl (C=O) groups is 3.